The predicted molar refractivity (Wildman–Crippen MR) is 310 cm³/mol. The minimum atomic E-state index is -0.677. The topological polar surface area (TPSA) is 95.9 Å². The minimum absolute atomic E-state index is 0.0191. The third kappa shape index (κ3) is 57.0. The van der Waals surface area contributed by atoms with E-state index in [2.05, 4.69) is 67.8 Å². The minimum Gasteiger partial charge on any atom is -0.466 e. The molecule has 2 unspecified atom stereocenters. The van der Waals surface area contributed by atoms with Crippen molar-refractivity contribution in [1.82, 2.24) is 5.32 Å². The Morgan fingerprint density at radius 3 is 1.10 bits per heavy atom. The van der Waals surface area contributed by atoms with Crippen LogP contribution in [-0.4, -0.2) is 47.4 Å². The predicted octanol–water partition coefficient (Wildman–Crippen LogP) is 19.7. The summed E-state index contributed by atoms with van der Waals surface area (Å²) in [4.78, 5) is 24.6. The quantitative estimate of drug-likeness (QED) is 0.0321. The molecule has 1 amide bonds. The standard InChI is InChI=1S/C65H121NO5/c1-3-5-7-9-11-13-15-17-19-21-23-27-31-35-39-43-47-51-55-59-65(70)71-60-56-52-48-44-40-36-32-28-24-26-30-34-38-42-46-50-54-58-64(69)66-62(61-67)63(68)57-53-49-45-41-37-33-29-25-22-20-18-16-14-12-10-8-6-4-2/h11,13,17,19,24,28,36,40,62-63,67-68H,3-10,12,14-16,18,20-23,25-27,29-35,37-39,41-61H2,1-2H3,(H,66,69)/b13-11-,19-17-,28-24-,40-36-. The molecule has 0 aliphatic rings. The number of carbonyl (C=O) groups excluding carboxylic acids is 2. The molecule has 0 aliphatic heterocycles. The molecule has 0 rings (SSSR count). The van der Waals surface area contributed by atoms with Gasteiger partial charge in [0.2, 0.25) is 5.91 Å². The number of rotatable bonds is 58. The van der Waals surface area contributed by atoms with E-state index in [4.69, 9.17) is 4.74 Å². The molecule has 0 aromatic carbocycles. The summed E-state index contributed by atoms with van der Waals surface area (Å²) < 4.78 is 5.47. The van der Waals surface area contributed by atoms with Crippen molar-refractivity contribution in [3.8, 4) is 0 Å². The molecule has 0 aromatic heterocycles. The lowest BCUT2D eigenvalue weighted by Crippen LogP contribution is -2.45. The van der Waals surface area contributed by atoms with Crippen LogP contribution >= 0.6 is 0 Å². The van der Waals surface area contributed by atoms with Gasteiger partial charge in [0.25, 0.3) is 0 Å². The van der Waals surface area contributed by atoms with Gasteiger partial charge in [-0.25, -0.2) is 0 Å². The molecule has 0 aliphatic carbocycles. The summed E-state index contributed by atoms with van der Waals surface area (Å²) >= 11 is 0. The van der Waals surface area contributed by atoms with Crippen LogP contribution in [0.3, 0.4) is 0 Å². The van der Waals surface area contributed by atoms with E-state index in [1.165, 1.54) is 205 Å². The number of hydrogen-bond acceptors (Lipinski definition) is 5. The average molecular weight is 997 g/mol. The average Bonchev–Trinajstić information content (AvgIpc) is 3.37. The SMILES string of the molecule is CCCCC/C=C\C/C=C\CCCCCCCCCCCC(=O)OCCCCC/C=C\C/C=C\CCCCCCCCCC(=O)NC(CO)C(O)CCCCCCCCCCCCCCCCCCCC. The first kappa shape index (κ1) is 68.8. The number of aliphatic hydroxyl groups is 2. The van der Waals surface area contributed by atoms with Gasteiger partial charge in [-0.05, 0) is 96.3 Å². The summed E-state index contributed by atoms with van der Waals surface area (Å²) in [5.74, 6) is -0.0688. The second-order valence-corrected chi connectivity index (χ2v) is 21.4. The zero-order valence-corrected chi connectivity index (χ0v) is 47.5. The van der Waals surface area contributed by atoms with Crippen LogP contribution in [0.15, 0.2) is 48.6 Å². The zero-order valence-electron chi connectivity index (χ0n) is 47.5. The molecule has 0 bridgehead atoms. The monoisotopic (exact) mass is 996 g/mol. The van der Waals surface area contributed by atoms with Crippen LogP contribution in [0.25, 0.3) is 0 Å². The van der Waals surface area contributed by atoms with E-state index in [9.17, 15) is 19.8 Å². The summed E-state index contributed by atoms with van der Waals surface area (Å²) in [6.45, 7) is 4.90. The molecule has 0 saturated heterocycles. The van der Waals surface area contributed by atoms with E-state index in [0.717, 1.165) is 89.9 Å². The van der Waals surface area contributed by atoms with Gasteiger partial charge >= 0.3 is 5.97 Å². The normalized spacial score (nSPS) is 12.9. The highest BCUT2D eigenvalue weighted by Gasteiger charge is 2.20. The van der Waals surface area contributed by atoms with Gasteiger partial charge in [-0.3, -0.25) is 9.59 Å². The fourth-order valence-electron chi connectivity index (χ4n) is 9.52. The van der Waals surface area contributed by atoms with Crippen molar-refractivity contribution in [2.75, 3.05) is 13.2 Å². The van der Waals surface area contributed by atoms with Crippen molar-refractivity contribution < 1.29 is 24.5 Å². The van der Waals surface area contributed by atoms with Gasteiger partial charge in [0, 0.05) is 12.8 Å². The highest BCUT2D eigenvalue weighted by Crippen LogP contribution is 2.17. The first-order valence-corrected chi connectivity index (χ1v) is 31.4. The molecule has 0 saturated carbocycles. The third-order valence-electron chi connectivity index (χ3n) is 14.4. The third-order valence-corrected chi connectivity index (χ3v) is 14.4. The Labute approximate surface area is 442 Å². The number of amides is 1. The Kier molecular flexibility index (Phi) is 58.5. The Morgan fingerprint density at radius 1 is 0.394 bits per heavy atom. The lowest BCUT2D eigenvalue weighted by Gasteiger charge is -2.22. The molecule has 6 heteroatoms. The van der Waals surface area contributed by atoms with Gasteiger partial charge in [0.05, 0.1) is 25.4 Å². The molecule has 0 heterocycles. The Bertz CT molecular complexity index is 1190. The first-order chi connectivity index (χ1) is 35.0. The highest BCUT2D eigenvalue weighted by atomic mass is 16.5. The molecule has 0 aromatic rings. The number of allylic oxidation sites excluding steroid dienone is 8. The lowest BCUT2D eigenvalue weighted by atomic mass is 10.0. The van der Waals surface area contributed by atoms with Gasteiger partial charge < -0.3 is 20.3 Å². The second-order valence-electron chi connectivity index (χ2n) is 21.4. The van der Waals surface area contributed by atoms with Gasteiger partial charge in [-0.2, -0.15) is 0 Å². The number of ether oxygens (including phenoxy) is 1. The molecule has 71 heavy (non-hydrogen) atoms. The van der Waals surface area contributed by atoms with E-state index in [1.807, 2.05) is 0 Å². The van der Waals surface area contributed by atoms with Crippen molar-refractivity contribution in [2.24, 2.45) is 0 Å². The summed E-state index contributed by atoms with van der Waals surface area (Å²) in [7, 11) is 0. The van der Waals surface area contributed by atoms with Crippen molar-refractivity contribution >= 4 is 11.9 Å². The maximum absolute atomic E-state index is 12.5. The molecule has 416 valence electrons. The number of aliphatic hydroxyl groups excluding tert-OH is 2. The molecule has 0 spiro atoms. The molecule has 0 fully saturated rings. The number of hydrogen-bond donors (Lipinski definition) is 3. The first-order valence-electron chi connectivity index (χ1n) is 31.4. The number of unbranched alkanes of at least 4 members (excludes halogenated alkanes) is 39. The second kappa shape index (κ2) is 60.4. The van der Waals surface area contributed by atoms with Gasteiger partial charge in [0.15, 0.2) is 0 Å². The van der Waals surface area contributed by atoms with Crippen LogP contribution < -0.4 is 5.32 Å². The fourth-order valence-corrected chi connectivity index (χ4v) is 9.52. The maximum Gasteiger partial charge on any atom is 0.305 e. The number of esters is 1. The summed E-state index contributed by atoms with van der Waals surface area (Å²) in [5, 5.41) is 23.3. The van der Waals surface area contributed by atoms with Crippen molar-refractivity contribution in [3.63, 3.8) is 0 Å². The summed E-state index contributed by atoms with van der Waals surface area (Å²) in [6.07, 6.45) is 76.8. The molecule has 6 nitrogen and oxygen atoms in total. The summed E-state index contributed by atoms with van der Waals surface area (Å²) in [5.41, 5.74) is 0. The van der Waals surface area contributed by atoms with Gasteiger partial charge in [-0.15, -0.1) is 0 Å². The maximum atomic E-state index is 12.5. The lowest BCUT2D eigenvalue weighted by molar-refractivity contribution is -0.143. The molecule has 2 atom stereocenters. The molecular weight excluding hydrogens is 875 g/mol. The Morgan fingerprint density at radius 2 is 0.704 bits per heavy atom. The van der Waals surface area contributed by atoms with Gasteiger partial charge in [-0.1, -0.05) is 268 Å². The molecular formula is C65H121NO5. The van der Waals surface area contributed by atoms with Crippen LogP contribution in [-0.2, 0) is 14.3 Å². The van der Waals surface area contributed by atoms with Crippen molar-refractivity contribution in [2.45, 2.75) is 341 Å². The van der Waals surface area contributed by atoms with Crippen molar-refractivity contribution in [3.05, 3.63) is 48.6 Å². The Hall–Kier alpha value is -2.18. The van der Waals surface area contributed by atoms with Gasteiger partial charge in [0.1, 0.15) is 0 Å². The Balaban J connectivity index is 3.49. The van der Waals surface area contributed by atoms with Crippen molar-refractivity contribution in [1.29, 1.82) is 0 Å². The largest absolute Gasteiger partial charge is 0.466 e. The van der Waals surface area contributed by atoms with E-state index >= 15 is 0 Å². The molecule has 0 radical (unpaired) electrons. The van der Waals surface area contributed by atoms with Crippen LogP contribution in [0.1, 0.15) is 328 Å². The summed E-state index contributed by atoms with van der Waals surface area (Å²) in [6, 6.07) is -0.555. The fraction of sp³-hybridized carbons (Fsp3) is 0.846. The van der Waals surface area contributed by atoms with E-state index < -0.39 is 12.1 Å². The van der Waals surface area contributed by atoms with E-state index in [1.54, 1.807) is 0 Å². The number of carbonyl (C=O) groups is 2. The van der Waals surface area contributed by atoms with E-state index in [-0.39, 0.29) is 18.5 Å². The van der Waals surface area contributed by atoms with Crippen LogP contribution in [0.4, 0.5) is 0 Å². The van der Waals surface area contributed by atoms with Crippen LogP contribution in [0.5, 0.6) is 0 Å². The van der Waals surface area contributed by atoms with Crippen LogP contribution in [0, 0.1) is 0 Å². The highest BCUT2D eigenvalue weighted by molar-refractivity contribution is 5.76. The van der Waals surface area contributed by atoms with E-state index in [0.29, 0.717) is 25.9 Å². The van der Waals surface area contributed by atoms with Crippen LogP contribution in [0.2, 0.25) is 0 Å². The zero-order chi connectivity index (χ0) is 51.4. The smallest absolute Gasteiger partial charge is 0.305 e. The number of nitrogens with one attached hydrogen (secondary N) is 1. The molecule has 3 N–H and O–H groups in total.